The fraction of sp³-hybridized carbons (Fsp3) is 0.0625. The van der Waals surface area contributed by atoms with Gasteiger partial charge in [-0.15, -0.1) is 0 Å². The van der Waals surface area contributed by atoms with Crippen molar-refractivity contribution in [3.63, 3.8) is 0 Å². The first-order valence-electron chi connectivity index (χ1n) is 7.01. The summed E-state index contributed by atoms with van der Waals surface area (Å²) in [5, 5.41) is 11.3. The number of carboxylic acid groups (broad SMARTS) is 1. The molecule has 0 unspecified atom stereocenters. The molecule has 0 spiro atoms. The van der Waals surface area contributed by atoms with Crippen molar-refractivity contribution in [3.05, 3.63) is 46.6 Å². The van der Waals surface area contributed by atoms with Gasteiger partial charge in [0.15, 0.2) is 5.16 Å². The van der Waals surface area contributed by atoms with Gasteiger partial charge in [-0.2, -0.15) is 0 Å². The lowest BCUT2D eigenvalue weighted by Crippen LogP contribution is -2.05. The molecule has 4 rings (SSSR count). The Kier molecular flexibility index (Phi) is 3.27. The Bertz CT molecular complexity index is 1180. The van der Waals surface area contributed by atoms with Crippen molar-refractivity contribution in [1.29, 1.82) is 0 Å². The standard InChI is InChI=1S/C16H10FN3O3S/c17-7-1-2-8-10(5-7)12-9(3-4-18-15(12)23)14-13(8)19-16(20-14)24-6-11(21)22/h1-5H,6H2,(H,18,23)(H,19,20)(H,21,22). The van der Waals surface area contributed by atoms with E-state index in [0.717, 1.165) is 11.8 Å². The van der Waals surface area contributed by atoms with Crippen LogP contribution in [0.25, 0.3) is 32.6 Å². The van der Waals surface area contributed by atoms with E-state index in [1.807, 2.05) is 0 Å². The molecule has 0 saturated carbocycles. The molecule has 0 aliphatic rings. The number of H-pyrrole nitrogens is 2. The van der Waals surface area contributed by atoms with Crippen molar-refractivity contribution in [1.82, 2.24) is 15.0 Å². The van der Waals surface area contributed by atoms with E-state index in [2.05, 4.69) is 15.0 Å². The zero-order chi connectivity index (χ0) is 16.8. The second-order valence-corrected chi connectivity index (χ2v) is 6.20. The highest BCUT2D eigenvalue weighted by Crippen LogP contribution is 2.33. The molecular formula is C16H10FN3O3S. The molecule has 2 aromatic heterocycles. The van der Waals surface area contributed by atoms with Gasteiger partial charge in [-0.3, -0.25) is 9.59 Å². The summed E-state index contributed by atoms with van der Waals surface area (Å²) in [6, 6.07) is 5.91. The van der Waals surface area contributed by atoms with E-state index >= 15 is 0 Å². The van der Waals surface area contributed by atoms with Gasteiger partial charge >= 0.3 is 5.97 Å². The molecule has 120 valence electrons. The third-order valence-corrected chi connectivity index (χ3v) is 4.61. The monoisotopic (exact) mass is 343 g/mol. The minimum absolute atomic E-state index is 0.134. The van der Waals surface area contributed by atoms with E-state index in [1.54, 1.807) is 12.1 Å². The Balaban J connectivity index is 2.14. The zero-order valence-corrected chi connectivity index (χ0v) is 12.9. The maximum Gasteiger partial charge on any atom is 0.313 e. The first-order valence-corrected chi connectivity index (χ1v) is 8.00. The summed E-state index contributed by atoms with van der Waals surface area (Å²) in [5.74, 6) is -1.53. The predicted molar refractivity (Wildman–Crippen MR) is 90.0 cm³/mol. The van der Waals surface area contributed by atoms with E-state index in [1.165, 1.54) is 18.3 Å². The third kappa shape index (κ3) is 2.23. The van der Waals surface area contributed by atoms with Crippen molar-refractivity contribution in [2.45, 2.75) is 5.16 Å². The molecule has 0 bridgehead atoms. The lowest BCUT2D eigenvalue weighted by molar-refractivity contribution is -0.133. The van der Waals surface area contributed by atoms with Crippen LogP contribution in [0.4, 0.5) is 4.39 Å². The first-order chi connectivity index (χ1) is 11.5. The molecule has 0 aliphatic carbocycles. The lowest BCUT2D eigenvalue weighted by atomic mass is 10.0. The Morgan fingerprint density at radius 1 is 1.25 bits per heavy atom. The number of aromatic nitrogens is 3. The number of hydrogen-bond acceptors (Lipinski definition) is 4. The van der Waals surface area contributed by atoms with Crippen LogP contribution in [0.1, 0.15) is 0 Å². The Morgan fingerprint density at radius 3 is 2.88 bits per heavy atom. The SMILES string of the molecule is O=C(O)CSc1nc2c3ccc(F)cc3c3c(=O)[nH]ccc3c2[nH]1. The summed E-state index contributed by atoms with van der Waals surface area (Å²) in [6.07, 6.45) is 1.51. The Hall–Kier alpha value is -2.87. The number of thioether (sulfide) groups is 1. The van der Waals surface area contributed by atoms with Gasteiger partial charge in [0.05, 0.1) is 22.2 Å². The smallest absolute Gasteiger partial charge is 0.313 e. The van der Waals surface area contributed by atoms with Crippen LogP contribution in [0.2, 0.25) is 0 Å². The van der Waals surface area contributed by atoms with Gasteiger partial charge in [-0.25, -0.2) is 9.37 Å². The van der Waals surface area contributed by atoms with E-state index < -0.39 is 11.8 Å². The molecule has 2 aromatic carbocycles. The number of nitrogens with one attached hydrogen (secondary N) is 2. The average Bonchev–Trinajstić information content (AvgIpc) is 2.97. The minimum atomic E-state index is -0.950. The molecule has 3 N–H and O–H groups in total. The summed E-state index contributed by atoms with van der Waals surface area (Å²) >= 11 is 1.05. The van der Waals surface area contributed by atoms with Crippen LogP contribution in [0.15, 0.2) is 40.4 Å². The number of nitrogens with zero attached hydrogens (tertiary/aromatic N) is 1. The molecule has 0 atom stereocenters. The van der Waals surface area contributed by atoms with Crippen molar-refractivity contribution in [2.24, 2.45) is 0 Å². The van der Waals surface area contributed by atoms with Crippen LogP contribution in [0.5, 0.6) is 0 Å². The number of aliphatic carboxylic acids is 1. The molecule has 0 aliphatic heterocycles. The maximum absolute atomic E-state index is 13.7. The number of hydrogen-bond donors (Lipinski definition) is 3. The second-order valence-electron chi connectivity index (χ2n) is 5.23. The van der Waals surface area contributed by atoms with Crippen LogP contribution in [-0.4, -0.2) is 31.8 Å². The Morgan fingerprint density at radius 2 is 2.08 bits per heavy atom. The largest absolute Gasteiger partial charge is 0.481 e. The summed E-state index contributed by atoms with van der Waals surface area (Å²) in [5.41, 5.74) is 0.887. The molecule has 0 saturated heterocycles. The van der Waals surface area contributed by atoms with Crippen molar-refractivity contribution in [3.8, 4) is 0 Å². The summed E-state index contributed by atoms with van der Waals surface area (Å²) in [6.45, 7) is 0. The van der Waals surface area contributed by atoms with Crippen LogP contribution < -0.4 is 5.56 Å². The zero-order valence-electron chi connectivity index (χ0n) is 12.1. The summed E-state index contributed by atoms with van der Waals surface area (Å²) in [4.78, 5) is 33.1. The highest BCUT2D eigenvalue weighted by atomic mass is 32.2. The number of halogens is 1. The van der Waals surface area contributed by atoms with E-state index in [-0.39, 0.29) is 11.3 Å². The molecule has 0 fully saturated rings. The molecule has 24 heavy (non-hydrogen) atoms. The fourth-order valence-electron chi connectivity index (χ4n) is 2.82. The number of aromatic amines is 2. The summed E-state index contributed by atoms with van der Waals surface area (Å²) < 4.78 is 13.7. The first kappa shape index (κ1) is 14.7. The highest BCUT2D eigenvalue weighted by Gasteiger charge is 2.16. The van der Waals surface area contributed by atoms with Gasteiger partial charge in [-0.1, -0.05) is 11.8 Å². The fourth-order valence-corrected chi connectivity index (χ4v) is 3.41. The highest BCUT2D eigenvalue weighted by molar-refractivity contribution is 7.99. The number of carbonyl (C=O) groups is 1. The molecule has 2 heterocycles. The predicted octanol–water partition coefficient (Wildman–Crippen LogP) is 2.87. The maximum atomic E-state index is 13.7. The van der Waals surface area contributed by atoms with Gasteiger partial charge < -0.3 is 15.1 Å². The van der Waals surface area contributed by atoms with Gasteiger partial charge in [0.25, 0.3) is 5.56 Å². The second kappa shape index (κ2) is 5.34. The minimum Gasteiger partial charge on any atom is -0.481 e. The van der Waals surface area contributed by atoms with Crippen molar-refractivity contribution < 1.29 is 14.3 Å². The van der Waals surface area contributed by atoms with Crippen molar-refractivity contribution in [2.75, 3.05) is 5.75 Å². The number of benzene rings is 2. The van der Waals surface area contributed by atoms with Crippen LogP contribution in [0.3, 0.4) is 0 Å². The van der Waals surface area contributed by atoms with E-state index in [0.29, 0.717) is 37.7 Å². The molecule has 8 heteroatoms. The third-order valence-electron chi connectivity index (χ3n) is 3.75. The van der Waals surface area contributed by atoms with Crippen LogP contribution >= 0.6 is 11.8 Å². The van der Waals surface area contributed by atoms with E-state index in [9.17, 15) is 14.0 Å². The Labute approximate surface area is 137 Å². The van der Waals surface area contributed by atoms with Crippen LogP contribution in [-0.2, 0) is 4.79 Å². The lowest BCUT2D eigenvalue weighted by Gasteiger charge is -2.05. The number of carboxylic acids is 1. The molecule has 4 aromatic rings. The van der Waals surface area contributed by atoms with E-state index in [4.69, 9.17) is 5.11 Å². The average molecular weight is 343 g/mol. The van der Waals surface area contributed by atoms with Gasteiger partial charge in [0.1, 0.15) is 5.82 Å². The molecule has 0 amide bonds. The molecular weight excluding hydrogens is 333 g/mol. The quantitative estimate of drug-likeness (QED) is 0.392. The number of fused-ring (bicyclic) bond motifs is 6. The number of rotatable bonds is 3. The van der Waals surface area contributed by atoms with Gasteiger partial charge in [-0.05, 0) is 24.3 Å². The molecule has 6 nitrogen and oxygen atoms in total. The number of pyridine rings is 1. The number of imidazole rings is 1. The van der Waals surface area contributed by atoms with Crippen LogP contribution in [0, 0.1) is 5.82 Å². The summed E-state index contributed by atoms with van der Waals surface area (Å²) in [7, 11) is 0. The normalized spacial score (nSPS) is 11.5. The van der Waals surface area contributed by atoms with Gasteiger partial charge in [0.2, 0.25) is 0 Å². The molecule has 0 radical (unpaired) electrons. The van der Waals surface area contributed by atoms with Crippen molar-refractivity contribution >= 4 is 50.3 Å². The topological polar surface area (TPSA) is 98.8 Å². The van der Waals surface area contributed by atoms with Gasteiger partial charge in [0, 0.05) is 22.4 Å².